The molecule has 7 nitrogen and oxygen atoms in total. The molecule has 2 aromatic carbocycles. The first-order valence-electron chi connectivity index (χ1n) is 6.92. The normalized spacial score (nSPS) is 10.3. The summed E-state index contributed by atoms with van der Waals surface area (Å²) < 4.78 is 5.57. The van der Waals surface area contributed by atoms with Gasteiger partial charge in [0, 0.05) is 11.8 Å². The number of ether oxygens (including phenoxy) is 1. The molecule has 0 aliphatic rings. The molecule has 0 atom stereocenters. The van der Waals surface area contributed by atoms with Crippen LogP contribution in [0.15, 0.2) is 54.9 Å². The molecule has 7 heteroatoms. The summed E-state index contributed by atoms with van der Waals surface area (Å²) in [6, 6.07) is 10.5. The first kappa shape index (κ1) is 15.3. The number of aromatic carboxylic acids is 2. The molecule has 0 bridgehead atoms. The second kappa shape index (κ2) is 6.25. The molecule has 3 N–H and O–H groups in total. The second-order valence-electron chi connectivity index (χ2n) is 4.94. The SMILES string of the molecule is O=C(O)c1cccc(Oc2ccc(-c3cn[nH]c3)cc2C(=O)O)c1. The summed E-state index contributed by atoms with van der Waals surface area (Å²) in [5, 5.41) is 24.9. The fraction of sp³-hybridized carbons (Fsp3) is 0. The smallest absolute Gasteiger partial charge is 0.339 e. The quantitative estimate of drug-likeness (QED) is 0.664. The van der Waals surface area contributed by atoms with Crippen molar-refractivity contribution >= 4 is 11.9 Å². The highest BCUT2D eigenvalue weighted by Gasteiger charge is 2.15. The molecule has 0 amide bonds. The van der Waals surface area contributed by atoms with E-state index >= 15 is 0 Å². The summed E-state index contributed by atoms with van der Waals surface area (Å²) in [5.41, 5.74) is 1.44. The van der Waals surface area contributed by atoms with Gasteiger partial charge in [0.25, 0.3) is 0 Å². The predicted octanol–water partition coefficient (Wildman–Crippen LogP) is 3.27. The number of carboxylic acid groups (broad SMARTS) is 2. The number of rotatable bonds is 5. The molecule has 24 heavy (non-hydrogen) atoms. The lowest BCUT2D eigenvalue weighted by molar-refractivity contribution is 0.0683. The van der Waals surface area contributed by atoms with Crippen LogP contribution in [0, 0.1) is 0 Å². The van der Waals surface area contributed by atoms with E-state index in [0.29, 0.717) is 5.56 Å². The Morgan fingerprint density at radius 1 is 1.00 bits per heavy atom. The van der Waals surface area contributed by atoms with Gasteiger partial charge < -0.3 is 14.9 Å². The van der Waals surface area contributed by atoms with Crippen LogP contribution >= 0.6 is 0 Å². The van der Waals surface area contributed by atoms with Crippen molar-refractivity contribution in [3.8, 4) is 22.6 Å². The Balaban J connectivity index is 1.97. The van der Waals surface area contributed by atoms with Crippen molar-refractivity contribution in [3.63, 3.8) is 0 Å². The average molecular weight is 324 g/mol. The van der Waals surface area contributed by atoms with Crippen molar-refractivity contribution in [2.45, 2.75) is 0 Å². The zero-order valence-corrected chi connectivity index (χ0v) is 12.3. The summed E-state index contributed by atoms with van der Waals surface area (Å²) in [4.78, 5) is 22.5. The summed E-state index contributed by atoms with van der Waals surface area (Å²) in [5.74, 6) is -1.87. The van der Waals surface area contributed by atoms with Gasteiger partial charge in [-0.25, -0.2) is 9.59 Å². The minimum absolute atomic E-state index is 0.0329. The fourth-order valence-electron chi connectivity index (χ4n) is 2.19. The number of benzene rings is 2. The fourth-order valence-corrected chi connectivity index (χ4v) is 2.19. The average Bonchev–Trinajstić information content (AvgIpc) is 3.09. The van der Waals surface area contributed by atoms with Gasteiger partial charge >= 0.3 is 11.9 Å². The van der Waals surface area contributed by atoms with Gasteiger partial charge in [0.15, 0.2) is 0 Å². The van der Waals surface area contributed by atoms with Gasteiger partial charge in [-0.2, -0.15) is 5.10 Å². The standard InChI is InChI=1S/C17H12N2O5/c20-16(21)11-2-1-3-13(6-11)24-15-5-4-10(7-14(15)17(22)23)12-8-18-19-9-12/h1-9H,(H,18,19)(H,20,21)(H,22,23). The van der Waals surface area contributed by atoms with Crippen LogP contribution in [-0.4, -0.2) is 32.3 Å². The summed E-state index contributed by atoms with van der Waals surface area (Å²) >= 11 is 0. The molecule has 0 fully saturated rings. The first-order chi connectivity index (χ1) is 11.5. The number of hydrogen-bond donors (Lipinski definition) is 3. The predicted molar refractivity (Wildman–Crippen MR) is 84.5 cm³/mol. The maximum absolute atomic E-state index is 11.5. The summed E-state index contributed by atoms with van der Waals surface area (Å²) in [7, 11) is 0. The van der Waals surface area contributed by atoms with Crippen LogP contribution in [0.25, 0.3) is 11.1 Å². The highest BCUT2D eigenvalue weighted by atomic mass is 16.5. The highest BCUT2D eigenvalue weighted by Crippen LogP contribution is 2.30. The maximum Gasteiger partial charge on any atom is 0.339 e. The number of H-pyrrole nitrogens is 1. The van der Waals surface area contributed by atoms with E-state index in [2.05, 4.69) is 10.2 Å². The van der Waals surface area contributed by atoms with Crippen molar-refractivity contribution in [1.29, 1.82) is 0 Å². The second-order valence-corrected chi connectivity index (χ2v) is 4.94. The molecule has 0 radical (unpaired) electrons. The van der Waals surface area contributed by atoms with Crippen molar-refractivity contribution < 1.29 is 24.5 Å². The van der Waals surface area contributed by atoms with Crippen molar-refractivity contribution in [2.75, 3.05) is 0 Å². The molecule has 0 saturated carbocycles. The Bertz CT molecular complexity index is 903. The Morgan fingerprint density at radius 2 is 1.83 bits per heavy atom. The van der Waals surface area contributed by atoms with Crippen LogP contribution in [0.1, 0.15) is 20.7 Å². The van der Waals surface area contributed by atoms with Gasteiger partial charge in [0.2, 0.25) is 0 Å². The van der Waals surface area contributed by atoms with Crippen molar-refractivity contribution in [2.24, 2.45) is 0 Å². The lowest BCUT2D eigenvalue weighted by atomic mass is 10.1. The van der Waals surface area contributed by atoms with Gasteiger partial charge in [-0.05, 0) is 35.9 Å². The van der Waals surface area contributed by atoms with Gasteiger partial charge in [-0.3, -0.25) is 5.10 Å². The van der Waals surface area contributed by atoms with Crippen molar-refractivity contribution in [3.05, 3.63) is 66.0 Å². The van der Waals surface area contributed by atoms with Crippen LogP contribution in [0.5, 0.6) is 11.5 Å². The maximum atomic E-state index is 11.5. The molecular formula is C17H12N2O5. The van der Waals surface area contributed by atoms with E-state index in [9.17, 15) is 14.7 Å². The van der Waals surface area contributed by atoms with Gasteiger partial charge in [-0.15, -0.1) is 0 Å². The molecule has 0 unspecified atom stereocenters. The molecule has 0 spiro atoms. The van der Waals surface area contributed by atoms with E-state index < -0.39 is 11.9 Å². The molecular weight excluding hydrogens is 312 g/mol. The van der Waals surface area contributed by atoms with Crippen LogP contribution < -0.4 is 4.74 Å². The zero-order chi connectivity index (χ0) is 17.1. The Labute approximate surface area is 136 Å². The minimum Gasteiger partial charge on any atom is -0.478 e. The Hall–Kier alpha value is -3.61. The monoisotopic (exact) mass is 324 g/mol. The van der Waals surface area contributed by atoms with E-state index in [-0.39, 0.29) is 22.6 Å². The summed E-state index contributed by atoms with van der Waals surface area (Å²) in [6.45, 7) is 0. The third-order valence-corrected chi connectivity index (χ3v) is 3.35. The first-order valence-corrected chi connectivity index (χ1v) is 6.92. The number of carboxylic acids is 2. The number of hydrogen-bond acceptors (Lipinski definition) is 4. The third-order valence-electron chi connectivity index (χ3n) is 3.35. The molecule has 0 saturated heterocycles. The van der Waals surface area contributed by atoms with Crippen LogP contribution in [0.4, 0.5) is 0 Å². The van der Waals surface area contributed by atoms with E-state index in [1.54, 1.807) is 24.5 Å². The molecule has 3 rings (SSSR count). The van der Waals surface area contributed by atoms with Crippen molar-refractivity contribution in [1.82, 2.24) is 10.2 Å². The number of aromatic amines is 1. The van der Waals surface area contributed by atoms with Crippen LogP contribution in [0.3, 0.4) is 0 Å². The van der Waals surface area contributed by atoms with Gasteiger partial charge in [0.05, 0.1) is 11.8 Å². The summed E-state index contributed by atoms with van der Waals surface area (Å²) in [6.07, 6.45) is 3.23. The van der Waals surface area contributed by atoms with E-state index in [1.807, 2.05) is 0 Å². The largest absolute Gasteiger partial charge is 0.478 e. The molecule has 120 valence electrons. The molecule has 1 aromatic heterocycles. The lowest BCUT2D eigenvalue weighted by Gasteiger charge is -2.10. The Morgan fingerprint density at radius 3 is 2.50 bits per heavy atom. The van der Waals surface area contributed by atoms with Crippen LogP contribution in [-0.2, 0) is 0 Å². The third kappa shape index (κ3) is 3.09. The van der Waals surface area contributed by atoms with Gasteiger partial charge in [-0.1, -0.05) is 12.1 Å². The molecule has 0 aliphatic heterocycles. The highest BCUT2D eigenvalue weighted by molar-refractivity contribution is 5.93. The zero-order valence-electron chi connectivity index (χ0n) is 12.3. The van der Waals surface area contributed by atoms with E-state index in [0.717, 1.165) is 5.56 Å². The van der Waals surface area contributed by atoms with E-state index in [4.69, 9.17) is 9.84 Å². The lowest BCUT2D eigenvalue weighted by Crippen LogP contribution is -2.01. The number of aromatic nitrogens is 2. The minimum atomic E-state index is -1.15. The van der Waals surface area contributed by atoms with Crippen LogP contribution in [0.2, 0.25) is 0 Å². The Kier molecular flexibility index (Phi) is 3.98. The number of carbonyl (C=O) groups is 2. The number of nitrogens with zero attached hydrogens (tertiary/aromatic N) is 1. The topological polar surface area (TPSA) is 113 Å². The molecule has 3 aromatic rings. The molecule has 1 heterocycles. The van der Waals surface area contributed by atoms with E-state index in [1.165, 1.54) is 30.3 Å². The van der Waals surface area contributed by atoms with Gasteiger partial charge in [0.1, 0.15) is 17.1 Å². The number of nitrogens with one attached hydrogen (secondary N) is 1. The molecule has 0 aliphatic carbocycles.